The fourth-order valence-electron chi connectivity index (χ4n) is 1.77. The van der Waals surface area contributed by atoms with Crippen LogP contribution in [0.2, 0.25) is 10.0 Å². The summed E-state index contributed by atoms with van der Waals surface area (Å²) in [6.45, 7) is 0. The van der Waals surface area contributed by atoms with E-state index in [0.717, 1.165) is 0 Å². The topological polar surface area (TPSA) is 70.2 Å². The molecule has 0 saturated heterocycles. The van der Waals surface area contributed by atoms with Crippen molar-refractivity contribution in [3.8, 4) is 0 Å². The molecule has 0 unspecified atom stereocenters. The minimum atomic E-state index is -0.439. The lowest BCUT2D eigenvalue weighted by Gasteiger charge is -2.09. The molecule has 3 N–H and O–H groups in total. The molecule has 114 valence electrons. The van der Waals surface area contributed by atoms with Gasteiger partial charge in [0.25, 0.3) is 5.91 Å². The first kappa shape index (κ1) is 16.1. The predicted octanol–water partition coefficient (Wildman–Crippen LogP) is 4.00. The zero-order valence-corrected chi connectivity index (χ0v) is 13.1. The van der Waals surface area contributed by atoms with Crippen LogP contribution in [0.25, 0.3) is 0 Å². The number of amides is 3. The smallest absolute Gasteiger partial charge is 0.323 e. The van der Waals surface area contributed by atoms with E-state index < -0.39 is 6.03 Å². The molecule has 7 heteroatoms. The van der Waals surface area contributed by atoms with E-state index in [1.807, 2.05) is 0 Å². The number of hydrogen-bond acceptors (Lipinski definition) is 2. The Hall–Kier alpha value is -2.24. The lowest BCUT2D eigenvalue weighted by Crippen LogP contribution is -2.20. The highest BCUT2D eigenvalue weighted by Gasteiger charge is 2.06. The molecule has 0 spiro atoms. The molecule has 3 amide bonds. The van der Waals surface area contributed by atoms with E-state index in [0.29, 0.717) is 27.0 Å². The van der Waals surface area contributed by atoms with Crippen molar-refractivity contribution in [3.05, 3.63) is 58.1 Å². The molecule has 0 heterocycles. The first-order valence-electron chi connectivity index (χ1n) is 6.34. The van der Waals surface area contributed by atoms with Crippen molar-refractivity contribution in [2.24, 2.45) is 0 Å². The molecule has 2 aromatic rings. The van der Waals surface area contributed by atoms with Gasteiger partial charge in [0.2, 0.25) is 0 Å². The summed E-state index contributed by atoms with van der Waals surface area (Å²) < 4.78 is 0. The Bertz CT molecular complexity index is 682. The minimum Gasteiger partial charge on any atom is -0.355 e. The van der Waals surface area contributed by atoms with Gasteiger partial charge in [0.15, 0.2) is 0 Å². The summed E-state index contributed by atoms with van der Waals surface area (Å²) in [4.78, 5) is 23.3. The number of halogens is 2. The molecule has 5 nitrogen and oxygen atoms in total. The lowest BCUT2D eigenvalue weighted by atomic mass is 10.2. The van der Waals surface area contributed by atoms with Gasteiger partial charge in [-0.05, 0) is 42.5 Å². The van der Waals surface area contributed by atoms with Gasteiger partial charge in [-0.1, -0.05) is 23.2 Å². The number of carbonyl (C=O) groups excluding carboxylic acids is 2. The Morgan fingerprint density at radius 3 is 1.95 bits per heavy atom. The Morgan fingerprint density at radius 1 is 0.864 bits per heavy atom. The van der Waals surface area contributed by atoms with Crippen molar-refractivity contribution in [3.63, 3.8) is 0 Å². The summed E-state index contributed by atoms with van der Waals surface area (Å²) >= 11 is 11.7. The summed E-state index contributed by atoms with van der Waals surface area (Å²) in [6, 6.07) is 10.8. The van der Waals surface area contributed by atoms with Gasteiger partial charge >= 0.3 is 6.03 Å². The van der Waals surface area contributed by atoms with Gasteiger partial charge in [0.1, 0.15) is 0 Å². The standard InChI is InChI=1S/C15H13Cl2N3O2/c1-18-14(21)9-2-4-12(5-3-9)19-15(22)20-13-7-10(16)6-11(17)8-13/h2-8H,1H3,(H,18,21)(H2,19,20,22). The number of rotatable bonds is 3. The van der Waals surface area contributed by atoms with E-state index in [1.165, 1.54) is 0 Å². The molecule has 2 aromatic carbocycles. The molecule has 0 aromatic heterocycles. The van der Waals surface area contributed by atoms with Crippen molar-refractivity contribution in [2.75, 3.05) is 17.7 Å². The first-order valence-corrected chi connectivity index (χ1v) is 7.10. The molecule has 0 bridgehead atoms. The molecular formula is C15H13Cl2N3O2. The van der Waals surface area contributed by atoms with E-state index in [4.69, 9.17) is 23.2 Å². The highest BCUT2D eigenvalue weighted by atomic mass is 35.5. The SMILES string of the molecule is CNC(=O)c1ccc(NC(=O)Nc2cc(Cl)cc(Cl)c2)cc1. The monoisotopic (exact) mass is 337 g/mol. The maximum Gasteiger partial charge on any atom is 0.323 e. The molecular weight excluding hydrogens is 325 g/mol. The van der Waals surface area contributed by atoms with Crippen LogP contribution >= 0.6 is 23.2 Å². The van der Waals surface area contributed by atoms with Gasteiger partial charge in [-0.25, -0.2) is 4.79 Å². The maximum absolute atomic E-state index is 11.9. The highest BCUT2D eigenvalue weighted by molar-refractivity contribution is 6.35. The second-order valence-corrected chi connectivity index (χ2v) is 5.27. The average molecular weight is 338 g/mol. The van der Waals surface area contributed by atoms with E-state index >= 15 is 0 Å². The maximum atomic E-state index is 11.9. The van der Waals surface area contributed by atoms with Crippen LogP contribution in [0.15, 0.2) is 42.5 Å². The van der Waals surface area contributed by atoms with Crippen LogP contribution in [0.1, 0.15) is 10.4 Å². The fourth-order valence-corrected chi connectivity index (χ4v) is 2.29. The van der Waals surface area contributed by atoms with E-state index in [2.05, 4.69) is 16.0 Å². The van der Waals surface area contributed by atoms with Crippen LogP contribution in [0, 0.1) is 0 Å². The van der Waals surface area contributed by atoms with Crippen LogP contribution in [-0.4, -0.2) is 19.0 Å². The van der Waals surface area contributed by atoms with E-state index in [9.17, 15) is 9.59 Å². The van der Waals surface area contributed by atoms with Crippen LogP contribution in [0.3, 0.4) is 0 Å². The Labute approximate surface area is 137 Å². The third kappa shape index (κ3) is 4.38. The molecule has 0 saturated carbocycles. The van der Waals surface area contributed by atoms with Crippen LogP contribution in [0.4, 0.5) is 16.2 Å². The van der Waals surface area contributed by atoms with E-state index in [1.54, 1.807) is 49.5 Å². The first-order chi connectivity index (χ1) is 10.5. The molecule has 0 aliphatic carbocycles. The van der Waals surface area contributed by atoms with Crippen molar-refractivity contribution < 1.29 is 9.59 Å². The van der Waals surface area contributed by atoms with E-state index in [-0.39, 0.29) is 5.91 Å². The Balaban J connectivity index is 2.01. The largest absolute Gasteiger partial charge is 0.355 e. The quantitative estimate of drug-likeness (QED) is 0.792. The fraction of sp³-hybridized carbons (Fsp3) is 0.0667. The van der Waals surface area contributed by atoms with Gasteiger partial charge in [-0.2, -0.15) is 0 Å². The molecule has 0 radical (unpaired) electrons. The van der Waals surface area contributed by atoms with Gasteiger partial charge in [0, 0.05) is 34.0 Å². The number of hydrogen-bond donors (Lipinski definition) is 3. The number of carbonyl (C=O) groups is 2. The minimum absolute atomic E-state index is 0.190. The molecule has 0 atom stereocenters. The third-order valence-corrected chi connectivity index (χ3v) is 3.19. The molecule has 0 aliphatic rings. The number of urea groups is 1. The molecule has 0 fully saturated rings. The summed E-state index contributed by atoms with van der Waals surface area (Å²) in [5, 5.41) is 8.65. The lowest BCUT2D eigenvalue weighted by molar-refractivity contribution is 0.0963. The number of benzene rings is 2. The van der Waals surface area contributed by atoms with Crippen molar-refractivity contribution in [2.45, 2.75) is 0 Å². The van der Waals surface area contributed by atoms with Crippen LogP contribution in [-0.2, 0) is 0 Å². The second kappa shape index (κ2) is 7.15. The Morgan fingerprint density at radius 2 is 1.41 bits per heavy atom. The zero-order valence-electron chi connectivity index (χ0n) is 11.6. The molecule has 22 heavy (non-hydrogen) atoms. The zero-order chi connectivity index (χ0) is 16.1. The van der Waals surface area contributed by atoms with Gasteiger partial charge in [-0.3, -0.25) is 4.79 Å². The van der Waals surface area contributed by atoms with Crippen molar-refractivity contribution >= 4 is 46.5 Å². The van der Waals surface area contributed by atoms with Gasteiger partial charge < -0.3 is 16.0 Å². The highest BCUT2D eigenvalue weighted by Crippen LogP contribution is 2.22. The third-order valence-electron chi connectivity index (χ3n) is 2.75. The van der Waals surface area contributed by atoms with Crippen LogP contribution < -0.4 is 16.0 Å². The molecule has 0 aliphatic heterocycles. The van der Waals surface area contributed by atoms with Crippen molar-refractivity contribution in [1.82, 2.24) is 5.32 Å². The molecule has 2 rings (SSSR count). The second-order valence-electron chi connectivity index (χ2n) is 4.39. The van der Waals surface area contributed by atoms with Gasteiger partial charge in [0.05, 0.1) is 0 Å². The van der Waals surface area contributed by atoms with Crippen molar-refractivity contribution in [1.29, 1.82) is 0 Å². The van der Waals surface area contributed by atoms with Crippen LogP contribution in [0.5, 0.6) is 0 Å². The summed E-state index contributed by atoms with van der Waals surface area (Å²) in [6.07, 6.45) is 0. The van der Waals surface area contributed by atoms with Gasteiger partial charge in [-0.15, -0.1) is 0 Å². The normalized spacial score (nSPS) is 9.95. The summed E-state index contributed by atoms with van der Waals surface area (Å²) in [7, 11) is 1.55. The predicted molar refractivity (Wildman–Crippen MR) is 88.9 cm³/mol. The Kier molecular flexibility index (Phi) is 5.25. The summed E-state index contributed by atoms with van der Waals surface area (Å²) in [5.41, 5.74) is 1.55. The number of anilines is 2. The number of nitrogens with one attached hydrogen (secondary N) is 3. The average Bonchev–Trinajstić information content (AvgIpc) is 2.46. The summed E-state index contributed by atoms with van der Waals surface area (Å²) in [5.74, 6) is -0.190.